The van der Waals surface area contributed by atoms with Crippen LogP contribution >= 0.6 is 0 Å². The lowest BCUT2D eigenvalue weighted by atomic mass is 10.0. The van der Waals surface area contributed by atoms with Gasteiger partial charge in [-0.25, -0.2) is 0 Å². The van der Waals surface area contributed by atoms with Crippen LogP contribution in [0.15, 0.2) is 48.5 Å². The Labute approximate surface area is 157 Å². The van der Waals surface area contributed by atoms with Crippen LogP contribution in [-0.4, -0.2) is 25.1 Å². The molecular weight excluding hydrogens is 348 g/mol. The molecule has 7 nitrogen and oxygen atoms in total. The SMILES string of the molecule is CC[C@@H](NC(=O)/C=C/c1cccc([N+](=O)[O-])c1)c1ccc(OC)c(OC)c1. The van der Waals surface area contributed by atoms with E-state index in [9.17, 15) is 14.9 Å². The molecule has 2 aromatic rings. The quantitative estimate of drug-likeness (QED) is 0.432. The van der Waals surface area contributed by atoms with Crippen LogP contribution in [0.25, 0.3) is 6.08 Å². The number of nitro benzene ring substituents is 1. The number of non-ortho nitro benzene ring substituents is 1. The van der Waals surface area contributed by atoms with Crippen molar-refractivity contribution in [2.45, 2.75) is 19.4 Å². The van der Waals surface area contributed by atoms with E-state index in [4.69, 9.17) is 9.47 Å². The van der Waals surface area contributed by atoms with Crippen molar-refractivity contribution in [3.8, 4) is 11.5 Å². The smallest absolute Gasteiger partial charge is 0.270 e. The molecule has 0 aliphatic carbocycles. The summed E-state index contributed by atoms with van der Waals surface area (Å²) in [4.78, 5) is 22.6. The fourth-order valence-electron chi connectivity index (χ4n) is 2.62. The summed E-state index contributed by atoms with van der Waals surface area (Å²) in [6.07, 6.45) is 3.60. The third kappa shape index (κ3) is 5.31. The fraction of sp³-hybridized carbons (Fsp3) is 0.250. The van der Waals surface area contributed by atoms with Crippen LogP contribution in [0.2, 0.25) is 0 Å². The second-order valence-electron chi connectivity index (χ2n) is 5.77. The molecule has 2 aromatic carbocycles. The predicted octanol–water partition coefficient (Wildman–Crippen LogP) is 3.89. The van der Waals surface area contributed by atoms with E-state index >= 15 is 0 Å². The molecule has 0 bridgehead atoms. The minimum absolute atomic E-state index is 0.0191. The number of hydrogen-bond donors (Lipinski definition) is 1. The average Bonchev–Trinajstić information content (AvgIpc) is 2.70. The van der Waals surface area contributed by atoms with Crippen molar-refractivity contribution in [1.82, 2.24) is 5.32 Å². The van der Waals surface area contributed by atoms with E-state index in [0.29, 0.717) is 23.5 Å². The maximum absolute atomic E-state index is 12.3. The number of hydrogen-bond acceptors (Lipinski definition) is 5. The number of amides is 1. The van der Waals surface area contributed by atoms with E-state index in [0.717, 1.165) is 5.56 Å². The van der Waals surface area contributed by atoms with Gasteiger partial charge in [-0.15, -0.1) is 0 Å². The van der Waals surface area contributed by atoms with Crippen molar-refractivity contribution in [3.05, 3.63) is 69.8 Å². The first-order chi connectivity index (χ1) is 13.0. The Kier molecular flexibility index (Phi) is 6.93. The van der Waals surface area contributed by atoms with Crippen LogP contribution in [0, 0.1) is 10.1 Å². The third-order valence-corrected chi connectivity index (χ3v) is 4.04. The second kappa shape index (κ2) is 9.38. The minimum Gasteiger partial charge on any atom is -0.493 e. The molecule has 0 saturated carbocycles. The topological polar surface area (TPSA) is 90.7 Å². The molecular formula is C20H22N2O5. The number of nitrogens with zero attached hydrogens (tertiary/aromatic N) is 1. The summed E-state index contributed by atoms with van der Waals surface area (Å²) in [7, 11) is 3.12. The van der Waals surface area contributed by atoms with Crippen LogP contribution in [0.4, 0.5) is 5.69 Å². The molecule has 1 atom stereocenters. The van der Waals surface area contributed by atoms with Gasteiger partial charge < -0.3 is 14.8 Å². The van der Waals surface area contributed by atoms with Gasteiger partial charge in [0.15, 0.2) is 11.5 Å². The molecule has 142 valence electrons. The molecule has 2 rings (SSSR count). The van der Waals surface area contributed by atoms with Gasteiger partial charge >= 0.3 is 0 Å². The van der Waals surface area contributed by atoms with Gasteiger partial charge in [0.1, 0.15) is 0 Å². The largest absolute Gasteiger partial charge is 0.493 e. The highest BCUT2D eigenvalue weighted by atomic mass is 16.6. The summed E-state index contributed by atoms with van der Waals surface area (Å²) in [5, 5.41) is 13.7. The number of carbonyl (C=O) groups is 1. The summed E-state index contributed by atoms with van der Waals surface area (Å²) in [6, 6.07) is 11.4. The Bertz CT molecular complexity index is 848. The van der Waals surface area contributed by atoms with E-state index in [1.165, 1.54) is 18.2 Å². The van der Waals surface area contributed by atoms with Crippen molar-refractivity contribution >= 4 is 17.7 Å². The number of methoxy groups -OCH3 is 2. The summed E-state index contributed by atoms with van der Waals surface area (Å²) in [5.41, 5.74) is 1.46. The molecule has 0 radical (unpaired) electrons. The summed E-state index contributed by atoms with van der Waals surface area (Å²) in [5.74, 6) is 0.922. The van der Waals surface area contributed by atoms with Crippen LogP contribution in [0.1, 0.15) is 30.5 Å². The first-order valence-corrected chi connectivity index (χ1v) is 8.43. The normalized spacial score (nSPS) is 11.8. The molecule has 0 spiro atoms. The van der Waals surface area contributed by atoms with E-state index in [-0.39, 0.29) is 17.6 Å². The third-order valence-electron chi connectivity index (χ3n) is 4.04. The van der Waals surface area contributed by atoms with Crippen LogP contribution < -0.4 is 14.8 Å². The molecule has 0 saturated heterocycles. The average molecular weight is 370 g/mol. The lowest BCUT2D eigenvalue weighted by molar-refractivity contribution is -0.384. The van der Waals surface area contributed by atoms with Gasteiger partial charge in [0, 0.05) is 18.2 Å². The highest BCUT2D eigenvalue weighted by Crippen LogP contribution is 2.30. The molecule has 0 aromatic heterocycles. The van der Waals surface area contributed by atoms with Gasteiger partial charge in [-0.2, -0.15) is 0 Å². The Morgan fingerprint density at radius 3 is 2.56 bits per heavy atom. The van der Waals surface area contributed by atoms with Crippen molar-refractivity contribution in [3.63, 3.8) is 0 Å². The number of benzene rings is 2. The number of nitrogens with one attached hydrogen (secondary N) is 1. The summed E-state index contributed by atoms with van der Waals surface area (Å²) >= 11 is 0. The van der Waals surface area contributed by atoms with Crippen molar-refractivity contribution < 1.29 is 19.2 Å². The minimum atomic E-state index is -0.471. The maximum atomic E-state index is 12.3. The standard InChI is InChI=1S/C20H22N2O5/c1-4-17(15-9-10-18(26-2)19(13-15)27-3)21-20(23)11-8-14-6-5-7-16(12-14)22(24)25/h5-13,17H,4H2,1-3H3,(H,21,23)/b11-8+/t17-/m1/s1. The first-order valence-electron chi connectivity index (χ1n) is 8.43. The lowest BCUT2D eigenvalue weighted by Gasteiger charge is -2.18. The number of nitro groups is 1. The molecule has 1 amide bonds. The van der Waals surface area contributed by atoms with Gasteiger partial charge in [-0.3, -0.25) is 14.9 Å². The highest BCUT2D eigenvalue weighted by Gasteiger charge is 2.14. The van der Waals surface area contributed by atoms with Gasteiger partial charge in [-0.1, -0.05) is 25.1 Å². The van der Waals surface area contributed by atoms with E-state index in [1.807, 2.05) is 19.1 Å². The number of rotatable bonds is 8. The Morgan fingerprint density at radius 1 is 1.19 bits per heavy atom. The Morgan fingerprint density at radius 2 is 1.93 bits per heavy atom. The Hall–Kier alpha value is -3.35. The van der Waals surface area contributed by atoms with Crippen molar-refractivity contribution in [1.29, 1.82) is 0 Å². The second-order valence-corrected chi connectivity index (χ2v) is 5.77. The zero-order valence-corrected chi connectivity index (χ0v) is 15.5. The maximum Gasteiger partial charge on any atom is 0.270 e. The number of carbonyl (C=O) groups excluding carboxylic acids is 1. The zero-order chi connectivity index (χ0) is 19.8. The monoisotopic (exact) mass is 370 g/mol. The number of ether oxygens (including phenoxy) is 2. The first kappa shape index (κ1) is 20.0. The van der Waals surface area contributed by atoms with Crippen LogP contribution in [0.5, 0.6) is 11.5 Å². The molecule has 0 unspecified atom stereocenters. The molecule has 0 fully saturated rings. The van der Waals surface area contributed by atoms with E-state index < -0.39 is 4.92 Å². The molecule has 0 heterocycles. The van der Waals surface area contributed by atoms with Crippen molar-refractivity contribution in [2.24, 2.45) is 0 Å². The van der Waals surface area contributed by atoms with Crippen molar-refractivity contribution in [2.75, 3.05) is 14.2 Å². The summed E-state index contributed by atoms with van der Waals surface area (Å²) < 4.78 is 10.5. The van der Waals surface area contributed by atoms with Crippen LogP contribution in [0.3, 0.4) is 0 Å². The van der Waals surface area contributed by atoms with Gasteiger partial charge in [0.2, 0.25) is 5.91 Å². The highest BCUT2D eigenvalue weighted by molar-refractivity contribution is 5.92. The fourth-order valence-corrected chi connectivity index (χ4v) is 2.62. The van der Waals surface area contributed by atoms with Gasteiger partial charge in [0.25, 0.3) is 5.69 Å². The Balaban J connectivity index is 2.11. The predicted molar refractivity (Wildman–Crippen MR) is 103 cm³/mol. The molecule has 7 heteroatoms. The lowest BCUT2D eigenvalue weighted by Crippen LogP contribution is -2.26. The molecule has 27 heavy (non-hydrogen) atoms. The summed E-state index contributed by atoms with van der Waals surface area (Å²) in [6.45, 7) is 1.96. The van der Waals surface area contributed by atoms with Gasteiger partial charge in [0.05, 0.1) is 25.2 Å². The van der Waals surface area contributed by atoms with E-state index in [2.05, 4.69) is 5.32 Å². The molecule has 1 N–H and O–H groups in total. The molecule has 0 aliphatic heterocycles. The zero-order valence-electron chi connectivity index (χ0n) is 15.5. The van der Waals surface area contributed by atoms with Crippen LogP contribution in [-0.2, 0) is 4.79 Å². The van der Waals surface area contributed by atoms with Gasteiger partial charge in [-0.05, 0) is 35.8 Å². The molecule has 0 aliphatic rings. The van der Waals surface area contributed by atoms with E-state index in [1.54, 1.807) is 38.5 Å².